The number of Topliss-reactive ketones (excluding diaryl/α,β-unsaturated/α-hetero) is 1. The van der Waals surface area contributed by atoms with Gasteiger partial charge in [0.05, 0.1) is 21.3 Å². The molecule has 0 aliphatic heterocycles. The predicted octanol–water partition coefficient (Wildman–Crippen LogP) is 2.09. The summed E-state index contributed by atoms with van der Waals surface area (Å²) < 4.78 is 15.9. The van der Waals surface area contributed by atoms with Crippen LogP contribution in [0, 0.1) is 5.92 Å². The van der Waals surface area contributed by atoms with E-state index in [1.54, 1.807) is 27.4 Å². The summed E-state index contributed by atoms with van der Waals surface area (Å²) in [6, 6.07) is 1.74. The van der Waals surface area contributed by atoms with Crippen molar-refractivity contribution in [2.24, 2.45) is 5.92 Å². The second-order valence-electron chi connectivity index (χ2n) is 4.14. The van der Waals surface area contributed by atoms with E-state index in [4.69, 9.17) is 14.2 Å². The molecule has 0 spiro atoms. The normalized spacial score (nSPS) is 17.9. The van der Waals surface area contributed by atoms with Gasteiger partial charge in [-0.3, -0.25) is 4.79 Å². The lowest BCUT2D eigenvalue weighted by Gasteiger charge is -2.15. The fraction of sp³-hybridized carbons (Fsp3) is 0.462. The molecule has 0 saturated carbocycles. The number of carbonyl (C=O) groups is 1. The maximum atomic E-state index is 12.0. The van der Waals surface area contributed by atoms with E-state index in [1.807, 2.05) is 6.92 Å². The SMILES string of the molecule is COc1cc2c(c(OC)c1OC)CC(C)C2=O. The first-order valence-corrected chi connectivity index (χ1v) is 5.50. The van der Waals surface area contributed by atoms with Crippen LogP contribution in [0.2, 0.25) is 0 Å². The van der Waals surface area contributed by atoms with Gasteiger partial charge in [-0.1, -0.05) is 6.92 Å². The Morgan fingerprint density at radius 3 is 2.29 bits per heavy atom. The molecule has 0 aromatic heterocycles. The molecule has 1 aliphatic carbocycles. The van der Waals surface area contributed by atoms with Crippen molar-refractivity contribution in [3.8, 4) is 17.2 Å². The Balaban J connectivity index is 2.68. The van der Waals surface area contributed by atoms with Gasteiger partial charge in [0.15, 0.2) is 17.3 Å². The highest BCUT2D eigenvalue weighted by molar-refractivity contribution is 6.03. The summed E-state index contributed by atoms with van der Waals surface area (Å²) in [6.45, 7) is 1.92. The fourth-order valence-corrected chi connectivity index (χ4v) is 2.30. The molecule has 0 fully saturated rings. The van der Waals surface area contributed by atoms with Gasteiger partial charge in [0.25, 0.3) is 0 Å². The summed E-state index contributed by atoms with van der Waals surface area (Å²) in [5, 5.41) is 0. The lowest BCUT2D eigenvalue weighted by atomic mass is 10.1. The number of carbonyl (C=O) groups excluding carboxylic acids is 1. The van der Waals surface area contributed by atoms with Crippen molar-refractivity contribution in [3.05, 3.63) is 17.2 Å². The predicted molar refractivity (Wildman–Crippen MR) is 63.3 cm³/mol. The lowest BCUT2D eigenvalue weighted by molar-refractivity contribution is 0.0946. The van der Waals surface area contributed by atoms with E-state index in [0.717, 1.165) is 5.56 Å². The molecular formula is C13H16O4. The van der Waals surface area contributed by atoms with E-state index in [9.17, 15) is 4.79 Å². The number of ketones is 1. The summed E-state index contributed by atoms with van der Waals surface area (Å²) in [5.74, 6) is 1.83. The third kappa shape index (κ3) is 1.64. The van der Waals surface area contributed by atoms with Gasteiger partial charge in [0, 0.05) is 17.0 Å². The number of hydrogen-bond acceptors (Lipinski definition) is 4. The van der Waals surface area contributed by atoms with Gasteiger partial charge < -0.3 is 14.2 Å². The molecule has 0 heterocycles. The van der Waals surface area contributed by atoms with Gasteiger partial charge in [0.2, 0.25) is 5.75 Å². The van der Waals surface area contributed by atoms with Crippen LogP contribution in [0.1, 0.15) is 22.8 Å². The van der Waals surface area contributed by atoms with Crippen molar-refractivity contribution in [1.29, 1.82) is 0 Å². The van der Waals surface area contributed by atoms with Crippen molar-refractivity contribution in [1.82, 2.24) is 0 Å². The number of hydrogen-bond donors (Lipinski definition) is 0. The first kappa shape index (κ1) is 11.8. The zero-order valence-electron chi connectivity index (χ0n) is 10.5. The average Bonchev–Trinajstić information content (AvgIpc) is 2.63. The molecular weight excluding hydrogens is 220 g/mol. The zero-order valence-corrected chi connectivity index (χ0v) is 10.5. The van der Waals surface area contributed by atoms with Crippen LogP contribution in [-0.2, 0) is 6.42 Å². The van der Waals surface area contributed by atoms with Crippen LogP contribution in [0.3, 0.4) is 0 Å². The molecule has 0 N–H and O–H groups in total. The number of rotatable bonds is 3. The van der Waals surface area contributed by atoms with Gasteiger partial charge in [0.1, 0.15) is 0 Å². The van der Waals surface area contributed by atoms with Crippen LogP contribution in [-0.4, -0.2) is 27.1 Å². The highest BCUT2D eigenvalue weighted by atomic mass is 16.5. The second kappa shape index (κ2) is 4.28. The molecule has 4 heteroatoms. The minimum absolute atomic E-state index is 0.00397. The zero-order chi connectivity index (χ0) is 12.6. The molecule has 92 valence electrons. The van der Waals surface area contributed by atoms with Gasteiger partial charge >= 0.3 is 0 Å². The quantitative estimate of drug-likeness (QED) is 0.806. The van der Waals surface area contributed by atoms with Gasteiger partial charge in [-0.05, 0) is 12.5 Å². The molecule has 0 radical (unpaired) electrons. The minimum Gasteiger partial charge on any atom is -0.493 e. The highest BCUT2D eigenvalue weighted by Gasteiger charge is 2.33. The Morgan fingerprint density at radius 2 is 1.76 bits per heavy atom. The molecule has 4 nitrogen and oxygen atoms in total. The number of benzene rings is 1. The Hall–Kier alpha value is -1.71. The topological polar surface area (TPSA) is 44.8 Å². The molecule has 1 atom stereocenters. The minimum atomic E-state index is -0.00397. The maximum absolute atomic E-state index is 12.0. The molecule has 1 aromatic carbocycles. The summed E-state index contributed by atoms with van der Waals surface area (Å²) in [7, 11) is 4.69. The van der Waals surface area contributed by atoms with E-state index in [2.05, 4.69) is 0 Å². The van der Waals surface area contributed by atoms with E-state index < -0.39 is 0 Å². The summed E-state index contributed by atoms with van der Waals surface area (Å²) >= 11 is 0. The standard InChI is InChI=1S/C13H16O4/c1-7-5-9-8(11(7)14)6-10(15-2)13(17-4)12(9)16-3/h6-7H,5H2,1-4H3. The molecule has 1 unspecified atom stereocenters. The monoisotopic (exact) mass is 236 g/mol. The molecule has 17 heavy (non-hydrogen) atoms. The van der Waals surface area contributed by atoms with Gasteiger partial charge in [-0.2, -0.15) is 0 Å². The number of ether oxygens (including phenoxy) is 3. The van der Waals surface area contributed by atoms with Crippen LogP contribution in [0.15, 0.2) is 6.07 Å². The maximum Gasteiger partial charge on any atom is 0.203 e. The molecule has 2 rings (SSSR count). The highest BCUT2D eigenvalue weighted by Crippen LogP contribution is 2.45. The summed E-state index contributed by atoms with van der Waals surface area (Å²) in [5.41, 5.74) is 1.61. The average molecular weight is 236 g/mol. The largest absolute Gasteiger partial charge is 0.493 e. The Labute approximate surface area is 100 Å². The van der Waals surface area contributed by atoms with Crippen LogP contribution in [0.5, 0.6) is 17.2 Å². The van der Waals surface area contributed by atoms with E-state index in [-0.39, 0.29) is 11.7 Å². The molecule has 0 bridgehead atoms. The third-order valence-electron chi connectivity index (χ3n) is 3.16. The summed E-state index contributed by atoms with van der Waals surface area (Å²) in [4.78, 5) is 12.0. The van der Waals surface area contributed by atoms with Crippen LogP contribution < -0.4 is 14.2 Å². The Kier molecular flexibility index (Phi) is 2.96. The van der Waals surface area contributed by atoms with Gasteiger partial charge in [-0.15, -0.1) is 0 Å². The van der Waals surface area contributed by atoms with E-state index in [1.165, 1.54) is 0 Å². The first-order valence-electron chi connectivity index (χ1n) is 5.50. The smallest absolute Gasteiger partial charge is 0.203 e. The van der Waals surface area contributed by atoms with Gasteiger partial charge in [-0.25, -0.2) is 0 Å². The van der Waals surface area contributed by atoms with Crippen molar-refractivity contribution >= 4 is 5.78 Å². The molecule has 1 aliphatic rings. The van der Waals surface area contributed by atoms with Crippen molar-refractivity contribution in [3.63, 3.8) is 0 Å². The van der Waals surface area contributed by atoms with E-state index >= 15 is 0 Å². The fourth-order valence-electron chi connectivity index (χ4n) is 2.30. The van der Waals surface area contributed by atoms with Crippen molar-refractivity contribution < 1.29 is 19.0 Å². The third-order valence-corrected chi connectivity index (χ3v) is 3.16. The molecule has 1 aromatic rings. The second-order valence-corrected chi connectivity index (χ2v) is 4.14. The first-order chi connectivity index (χ1) is 8.13. The van der Waals surface area contributed by atoms with Crippen LogP contribution in [0.4, 0.5) is 0 Å². The number of methoxy groups -OCH3 is 3. The van der Waals surface area contributed by atoms with Crippen LogP contribution >= 0.6 is 0 Å². The molecule has 0 amide bonds. The lowest BCUT2D eigenvalue weighted by Crippen LogP contribution is -2.03. The van der Waals surface area contributed by atoms with Crippen molar-refractivity contribution in [2.45, 2.75) is 13.3 Å². The summed E-state index contributed by atoms with van der Waals surface area (Å²) in [6.07, 6.45) is 0.692. The van der Waals surface area contributed by atoms with Crippen LogP contribution in [0.25, 0.3) is 0 Å². The number of fused-ring (bicyclic) bond motifs is 1. The Morgan fingerprint density at radius 1 is 1.12 bits per heavy atom. The Bertz CT molecular complexity index is 465. The van der Waals surface area contributed by atoms with E-state index in [0.29, 0.717) is 29.2 Å². The van der Waals surface area contributed by atoms with Crippen molar-refractivity contribution in [2.75, 3.05) is 21.3 Å². The molecule has 0 saturated heterocycles.